The molecule has 0 aliphatic carbocycles. The lowest BCUT2D eigenvalue weighted by Gasteiger charge is -1.86. The van der Waals surface area contributed by atoms with Crippen molar-refractivity contribution in [2.24, 2.45) is 0 Å². The normalized spacial score (nSPS) is 8.70. The summed E-state index contributed by atoms with van der Waals surface area (Å²) in [5, 5.41) is 0. The number of hydrogen-bond acceptors (Lipinski definition) is 2. The van der Waals surface area contributed by atoms with E-state index in [9.17, 15) is 4.79 Å². The van der Waals surface area contributed by atoms with Crippen LogP contribution in [-0.4, -0.2) is 15.8 Å². The molecule has 0 atom stereocenters. The summed E-state index contributed by atoms with van der Waals surface area (Å²) < 4.78 is 0. The van der Waals surface area contributed by atoms with Gasteiger partial charge in [-0.25, -0.2) is 4.98 Å². The van der Waals surface area contributed by atoms with Gasteiger partial charge in [0.1, 0.15) is 0 Å². The van der Waals surface area contributed by atoms with Crippen LogP contribution in [0.4, 0.5) is 0 Å². The predicted molar refractivity (Wildman–Crippen MR) is 36.4 cm³/mol. The molecule has 1 N–H and O–H groups in total. The summed E-state index contributed by atoms with van der Waals surface area (Å²) in [5.41, 5.74) is 0. The molecule has 10 heavy (non-hydrogen) atoms. The fourth-order valence-corrected chi connectivity index (χ4v) is 0.594. The summed E-state index contributed by atoms with van der Waals surface area (Å²) in [5.74, 6) is 2.43. The van der Waals surface area contributed by atoms with Gasteiger partial charge in [-0.3, -0.25) is 4.79 Å². The monoisotopic (exact) mass is 134 g/mol. The average molecular weight is 134 g/mol. The molecule has 0 radical (unpaired) electrons. The molecular formula is C7H6N2O. The van der Waals surface area contributed by atoms with E-state index < -0.39 is 0 Å². The van der Waals surface area contributed by atoms with Gasteiger partial charge in [0.05, 0.1) is 6.42 Å². The van der Waals surface area contributed by atoms with Gasteiger partial charge < -0.3 is 4.98 Å². The number of imidazole rings is 1. The molecule has 0 saturated heterocycles. The lowest BCUT2D eigenvalue weighted by atomic mass is 10.3. The fraction of sp³-hybridized carbons (Fsp3) is 0.143. The quantitative estimate of drug-likeness (QED) is 0.476. The smallest absolute Gasteiger partial charge is 0.209 e. The average Bonchev–Trinajstić information content (AvgIpc) is 2.38. The number of hydrogen-bond donors (Lipinski definition) is 1. The highest BCUT2D eigenvalue weighted by molar-refractivity contribution is 5.93. The van der Waals surface area contributed by atoms with Gasteiger partial charge in [0.15, 0.2) is 5.82 Å². The van der Waals surface area contributed by atoms with Crippen molar-refractivity contribution in [3.63, 3.8) is 0 Å². The maximum Gasteiger partial charge on any atom is 0.209 e. The summed E-state index contributed by atoms with van der Waals surface area (Å²) in [6, 6.07) is 0. The Kier molecular flexibility index (Phi) is 1.86. The molecule has 3 nitrogen and oxygen atoms in total. The molecule has 0 amide bonds. The third-order valence-electron chi connectivity index (χ3n) is 1.02. The van der Waals surface area contributed by atoms with E-state index in [-0.39, 0.29) is 12.2 Å². The molecule has 1 aromatic heterocycles. The number of aromatic nitrogens is 2. The van der Waals surface area contributed by atoms with Gasteiger partial charge in [0, 0.05) is 12.4 Å². The van der Waals surface area contributed by atoms with Crippen molar-refractivity contribution in [2.45, 2.75) is 6.42 Å². The van der Waals surface area contributed by atoms with E-state index in [4.69, 9.17) is 6.42 Å². The first-order chi connectivity index (χ1) is 4.84. The molecular weight excluding hydrogens is 128 g/mol. The van der Waals surface area contributed by atoms with E-state index in [1.54, 1.807) is 6.20 Å². The largest absolute Gasteiger partial charge is 0.342 e. The van der Waals surface area contributed by atoms with Crippen molar-refractivity contribution >= 4 is 5.78 Å². The highest BCUT2D eigenvalue weighted by Gasteiger charge is 2.03. The zero-order valence-electron chi connectivity index (χ0n) is 5.29. The number of rotatable bonds is 2. The summed E-state index contributed by atoms with van der Waals surface area (Å²) >= 11 is 0. The minimum Gasteiger partial charge on any atom is -0.342 e. The maximum absolute atomic E-state index is 10.9. The Morgan fingerprint density at radius 3 is 3.20 bits per heavy atom. The standard InChI is InChI=1S/C7H6N2O/c1-2-3-6(10)7-8-4-5-9-7/h1,4-5H,3H2,(H,8,9). The van der Waals surface area contributed by atoms with Crippen LogP contribution in [0.2, 0.25) is 0 Å². The molecule has 1 heterocycles. The van der Waals surface area contributed by atoms with E-state index in [0.717, 1.165) is 0 Å². The Labute approximate surface area is 58.5 Å². The number of terminal acetylenes is 1. The second kappa shape index (κ2) is 2.83. The van der Waals surface area contributed by atoms with Crippen LogP contribution in [0.3, 0.4) is 0 Å². The first-order valence-corrected chi connectivity index (χ1v) is 2.80. The van der Waals surface area contributed by atoms with Crippen LogP contribution < -0.4 is 0 Å². The molecule has 0 aromatic carbocycles. The van der Waals surface area contributed by atoms with E-state index in [2.05, 4.69) is 15.9 Å². The van der Waals surface area contributed by atoms with Crippen LogP contribution >= 0.6 is 0 Å². The van der Waals surface area contributed by atoms with Crippen molar-refractivity contribution in [1.29, 1.82) is 0 Å². The first kappa shape index (κ1) is 6.56. The Morgan fingerprint density at radius 2 is 2.70 bits per heavy atom. The lowest BCUT2D eigenvalue weighted by Crippen LogP contribution is -1.99. The molecule has 1 aromatic rings. The molecule has 50 valence electrons. The molecule has 0 unspecified atom stereocenters. The molecule has 0 spiro atoms. The van der Waals surface area contributed by atoms with Crippen LogP contribution in [0.5, 0.6) is 0 Å². The second-order valence-corrected chi connectivity index (χ2v) is 1.74. The van der Waals surface area contributed by atoms with Gasteiger partial charge in [0.25, 0.3) is 0 Å². The minimum absolute atomic E-state index is 0.105. The van der Waals surface area contributed by atoms with E-state index in [1.807, 2.05) is 0 Å². The van der Waals surface area contributed by atoms with Crippen molar-refractivity contribution < 1.29 is 4.79 Å². The minimum atomic E-state index is -0.146. The molecule has 0 fully saturated rings. The number of ketones is 1. The number of carbonyl (C=O) groups excluding carboxylic acids is 1. The summed E-state index contributed by atoms with van der Waals surface area (Å²) in [4.78, 5) is 17.3. The zero-order chi connectivity index (χ0) is 7.40. The number of carbonyl (C=O) groups is 1. The van der Waals surface area contributed by atoms with Gasteiger partial charge in [-0.2, -0.15) is 0 Å². The van der Waals surface area contributed by atoms with Crippen LogP contribution in [-0.2, 0) is 0 Å². The van der Waals surface area contributed by atoms with E-state index in [0.29, 0.717) is 5.82 Å². The van der Waals surface area contributed by atoms with Gasteiger partial charge in [-0.05, 0) is 0 Å². The molecule has 1 rings (SSSR count). The van der Waals surface area contributed by atoms with Crippen LogP contribution in [0.1, 0.15) is 17.0 Å². The van der Waals surface area contributed by atoms with Crippen molar-refractivity contribution in [3.05, 3.63) is 18.2 Å². The topological polar surface area (TPSA) is 45.8 Å². The fourth-order valence-electron chi connectivity index (χ4n) is 0.594. The predicted octanol–water partition coefficient (Wildman–Crippen LogP) is 0.616. The number of Topliss-reactive ketones (excluding diaryl/α,β-unsaturated/α-hetero) is 1. The zero-order valence-corrected chi connectivity index (χ0v) is 5.29. The number of nitrogens with zero attached hydrogens (tertiary/aromatic N) is 1. The second-order valence-electron chi connectivity index (χ2n) is 1.74. The highest BCUT2D eigenvalue weighted by atomic mass is 16.1. The lowest BCUT2D eigenvalue weighted by molar-refractivity contribution is 0.0989. The van der Waals surface area contributed by atoms with Crippen molar-refractivity contribution in [1.82, 2.24) is 9.97 Å². The summed E-state index contributed by atoms with van der Waals surface area (Å²) in [6.07, 6.45) is 8.13. The molecule has 0 aliphatic heterocycles. The van der Waals surface area contributed by atoms with Crippen molar-refractivity contribution in [3.8, 4) is 12.3 Å². The summed E-state index contributed by atoms with van der Waals surface area (Å²) in [7, 11) is 0. The molecule has 0 saturated carbocycles. The Bertz CT molecular complexity index is 256. The number of aromatic amines is 1. The molecule has 0 bridgehead atoms. The molecule has 0 aliphatic rings. The number of nitrogens with one attached hydrogen (secondary N) is 1. The van der Waals surface area contributed by atoms with E-state index >= 15 is 0 Å². The SMILES string of the molecule is C#CCC(=O)c1ncc[nH]1. The van der Waals surface area contributed by atoms with Gasteiger partial charge in [-0.15, -0.1) is 6.42 Å². The first-order valence-electron chi connectivity index (χ1n) is 2.80. The van der Waals surface area contributed by atoms with Gasteiger partial charge >= 0.3 is 0 Å². The van der Waals surface area contributed by atoms with Crippen LogP contribution in [0, 0.1) is 12.3 Å². The Balaban J connectivity index is 2.71. The van der Waals surface area contributed by atoms with E-state index in [1.165, 1.54) is 6.20 Å². The van der Waals surface area contributed by atoms with Gasteiger partial charge in [-0.1, -0.05) is 5.92 Å². The third-order valence-corrected chi connectivity index (χ3v) is 1.02. The van der Waals surface area contributed by atoms with Gasteiger partial charge in [0.2, 0.25) is 5.78 Å². The Morgan fingerprint density at radius 1 is 1.90 bits per heavy atom. The molecule has 3 heteroatoms. The van der Waals surface area contributed by atoms with Crippen LogP contribution in [0.25, 0.3) is 0 Å². The highest BCUT2D eigenvalue weighted by Crippen LogP contribution is 1.93. The number of H-pyrrole nitrogens is 1. The summed E-state index contributed by atoms with van der Waals surface area (Å²) in [6.45, 7) is 0. The van der Waals surface area contributed by atoms with Crippen molar-refractivity contribution in [2.75, 3.05) is 0 Å². The van der Waals surface area contributed by atoms with Crippen LogP contribution in [0.15, 0.2) is 12.4 Å². The maximum atomic E-state index is 10.9. The Hall–Kier alpha value is -1.56. The third kappa shape index (κ3) is 1.23.